The minimum absolute atomic E-state index is 0.187. The molecule has 0 aliphatic heterocycles. The Morgan fingerprint density at radius 2 is 0.791 bits per heavy atom. The van der Waals surface area contributed by atoms with Gasteiger partial charge in [0.1, 0.15) is 45.7 Å². The largest absolute Gasteiger partial charge is 0.493 e. The quantitative estimate of drug-likeness (QED) is 0.0291. The maximum atomic E-state index is 11.8. The van der Waals surface area contributed by atoms with E-state index in [-0.39, 0.29) is 11.0 Å². The second kappa shape index (κ2) is 43.9. The van der Waals surface area contributed by atoms with Gasteiger partial charge in [-0.25, -0.2) is 4.79 Å². The highest BCUT2D eigenvalue weighted by Gasteiger charge is 2.48. The molecule has 0 amide bonds. The van der Waals surface area contributed by atoms with Gasteiger partial charge in [0, 0.05) is 86.1 Å². The van der Waals surface area contributed by atoms with E-state index in [1.165, 1.54) is 168 Å². The Labute approximate surface area is 705 Å². The third-order valence-corrected chi connectivity index (χ3v) is 28.7. The molecule has 6 atom stereocenters. The summed E-state index contributed by atoms with van der Waals surface area (Å²) in [4.78, 5) is 21.2. The first kappa shape index (κ1) is 87.8. The summed E-state index contributed by atoms with van der Waals surface area (Å²) < 4.78 is 37.1. The molecule has 0 spiro atoms. The molecule has 14 heteroatoms. The zero-order valence-electron chi connectivity index (χ0n) is 71.0. The van der Waals surface area contributed by atoms with Gasteiger partial charge < -0.3 is 29.0 Å². The third kappa shape index (κ3) is 22.0. The number of aromatic nitrogens is 2. The second-order valence-corrected chi connectivity index (χ2v) is 36.3. The fourth-order valence-corrected chi connectivity index (χ4v) is 21.2. The topological polar surface area (TPSA) is 127 Å². The van der Waals surface area contributed by atoms with Crippen LogP contribution in [0.3, 0.4) is 0 Å². The number of carbonyl (C=O) groups is 1. The van der Waals surface area contributed by atoms with E-state index in [2.05, 4.69) is 221 Å². The monoisotopic (exact) mass is 1620 g/mol. The van der Waals surface area contributed by atoms with Gasteiger partial charge >= 0.3 is 5.97 Å². The van der Waals surface area contributed by atoms with E-state index in [1.807, 2.05) is 40.9 Å². The Morgan fingerprint density at radius 1 is 0.426 bits per heavy atom. The van der Waals surface area contributed by atoms with Crippen molar-refractivity contribution in [3.63, 3.8) is 0 Å². The molecule has 0 saturated heterocycles. The summed E-state index contributed by atoms with van der Waals surface area (Å²) >= 11 is 6.57. The van der Waals surface area contributed by atoms with Crippen LogP contribution < -0.4 is 23.8 Å². The molecule has 0 fully saturated rings. The van der Waals surface area contributed by atoms with E-state index < -0.39 is 5.97 Å². The summed E-state index contributed by atoms with van der Waals surface area (Å²) in [6.45, 7) is 30.5. The minimum Gasteiger partial charge on any atom is -0.493 e. The number of carboxylic acids is 1. The van der Waals surface area contributed by atoms with Gasteiger partial charge in [-0.15, -0.1) is 34.0 Å². The molecule has 6 aromatic carbocycles. The van der Waals surface area contributed by atoms with Gasteiger partial charge in [-0.3, -0.25) is 0 Å². The Bertz CT molecular complexity index is 4600. The first-order valence-electron chi connectivity index (χ1n) is 44.1. The number of ether oxygens (including phenoxy) is 4. The number of hydrogen-bond donors (Lipinski definition) is 1. The van der Waals surface area contributed by atoms with E-state index in [4.69, 9.17) is 27.7 Å². The molecule has 0 radical (unpaired) electrons. The van der Waals surface area contributed by atoms with Gasteiger partial charge in [0.15, 0.2) is 0 Å². The summed E-state index contributed by atoms with van der Waals surface area (Å²) in [5.74, 6) is 5.32. The van der Waals surface area contributed by atoms with Crippen molar-refractivity contribution in [2.24, 2.45) is 35.5 Å². The average molecular weight is 1620 g/mol. The lowest BCUT2D eigenvalue weighted by molar-refractivity contribution is -0.132. The highest BCUT2D eigenvalue weighted by Crippen LogP contribution is 2.63. The summed E-state index contributed by atoms with van der Waals surface area (Å²) in [5, 5.41) is 19.2. The number of carboxylic acid groups (broad SMARTS) is 1. The molecule has 10 nitrogen and oxygen atoms in total. The summed E-state index contributed by atoms with van der Waals surface area (Å²) in [6, 6.07) is 55.9. The second-order valence-electron chi connectivity index (χ2n) is 32.5. The zero-order valence-corrected chi connectivity index (χ0v) is 74.3. The smallest absolute Gasteiger partial charge is 0.346 e. The van der Waals surface area contributed by atoms with Gasteiger partial charge in [0.25, 0.3) is 0 Å². The van der Waals surface area contributed by atoms with Crippen molar-refractivity contribution in [2.45, 2.75) is 255 Å². The maximum absolute atomic E-state index is 11.8. The molecule has 6 unspecified atom stereocenters. The number of hydrogen-bond acceptors (Lipinski definition) is 13. The fourth-order valence-electron chi connectivity index (χ4n) is 16.9. The van der Waals surface area contributed by atoms with Gasteiger partial charge in [-0.05, 0) is 193 Å². The Hall–Kier alpha value is -8.06. The molecular formula is C101H128N4O6S4. The molecule has 1 aliphatic rings. The van der Waals surface area contributed by atoms with E-state index in [1.54, 1.807) is 0 Å². The van der Waals surface area contributed by atoms with Crippen LogP contribution in [0.2, 0.25) is 0 Å². The first-order chi connectivity index (χ1) is 56.2. The molecule has 1 N–H and O–H groups in total. The Morgan fingerprint density at radius 3 is 1.18 bits per heavy atom. The molecule has 4 aromatic heterocycles. The number of aliphatic carboxylic acids is 1. The highest BCUT2D eigenvalue weighted by molar-refractivity contribution is 7.26. The van der Waals surface area contributed by atoms with Crippen molar-refractivity contribution in [3.8, 4) is 92.4 Å². The van der Waals surface area contributed by atoms with Crippen molar-refractivity contribution in [2.75, 3.05) is 31.3 Å². The lowest BCUT2D eigenvalue weighted by Gasteiger charge is -2.37. The number of fused-ring (bicyclic) bond motifs is 4. The third-order valence-electron chi connectivity index (χ3n) is 24.6. The van der Waals surface area contributed by atoms with Gasteiger partial charge in [0.2, 0.25) is 0 Å². The van der Waals surface area contributed by atoms with Crippen LogP contribution in [0, 0.1) is 46.8 Å². The SMILES string of the molecule is CCCCC(CC)COc1ccc(-c2ccc(N(c3ccc(-c4cc5c(s4)-c4sc(-c6ccc(-c7ccc(/C=C(\C#N)C(=O)O)s7)c7nsnc67)cc4C5(CC(CC)CCCC)CC(CC)CCCC)cc3)c3ccc(-c4ccc(OCC(CC)CCCC)cc4OCC(CC)CCCC)cc3)cc2)c(OCC(CC)CCCC)c1. The number of benzene rings is 6. The van der Waals surface area contributed by atoms with Crippen LogP contribution in [0.1, 0.15) is 266 Å². The molecule has 0 bridgehead atoms. The molecule has 0 saturated carbocycles. The molecule has 10 aromatic rings. The lowest BCUT2D eigenvalue weighted by atomic mass is 9.65. The molecular weight excluding hydrogens is 1490 g/mol. The van der Waals surface area contributed by atoms with Crippen LogP contribution in [-0.2, 0) is 10.2 Å². The minimum atomic E-state index is -1.24. The fraction of sp³-hybridized carbons (Fsp3) is 0.485. The van der Waals surface area contributed by atoms with Crippen molar-refractivity contribution in [1.29, 1.82) is 5.26 Å². The van der Waals surface area contributed by atoms with Crippen molar-refractivity contribution < 1.29 is 28.8 Å². The van der Waals surface area contributed by atoms with Crippen molar-refractivity contribution in [3.05, 3.63) is 167 Å². The van der Waals surface area contributed by atoms with E-state index in [0.29, 0.717) is 66.8 Å². The van der Waals surface area contributed by atoms with Crippen LogP contribution in [0.15, 0.2) is 151 Å². The molecule has 1 aliphatic carbocycles. The average Bonchev–Trinajstić information content (AvgIpc) is 1.54. The first-order valence-corrected chi connectivity index (χ1v) is 47.3. The van der Waals surface area contributed by atoms with Crippen LogP contribution in [0.5, 0.6) is 23.0 Å². The predicted octanol–water partition coefficient (Wildman–Crippen LogP) is 31.5. The molecule has 612 valence electrons. The number of rotatable bonds is 50. The van der Waals surface area contributed by atoms with Gasteiger partial charge in [0.05, 0.1) is 38.2 Å². The lowest BCUT2D eigenvalue weighted by Crippen LogP contribution is -2.31. The normalized spacial score (nSPS) is 14.9. The van der Waals surface area contributed by atoms with E-state index in [9.17, 15) is 15.2 Å². The van der Waals surface area contributed by atoms with Crippen LogP contribution in [-0.4, -0.2) is 46.3 Å². The van der Waals surface area contributed by atoms with Crippen LogP contribution >= 0.6 is 45.7 Å². The zero-order chi connectivity index (χ0) is 81.2. The molecule has 115 heavy (non-hydrogen) atoms. The Kier molecular flexibility index (Phi) is 33.5. The summed E-state index contributed by atoms with van der Waals surface area (Å²) in [6.07, 6.45) is 31.7. The number of anilines is 3. The summed E-state index contributed by atoms with van der Waals surface area (Å²) in [7, 11) is 0. The highest BCUT2D eigenvalue weighted by atomic mass is 32.1. The maximum Gasteiger partial charge on any atom is 0.346 e. The van der Waals surface area contributed by atoms with Crippen molar-refractivity contribution >= 4 is 85.9 Å². The van der Waals surface area contributed by atoms with Crippen LogP contribution in [0.4, 0.5) is 17.1 Å². The van der Waals surface area contributed by atoms with E-state index in [0.717, 1.165) is 154 Å². The molecule has 11 rings (SSSR count). The standard InChI is InChI=1S/C101H128N4O6S4/c1-13-25-31-69(19-7)62-101(63-70(20-8)32-26-14-2)89-60-94(113-98(89)99-90(101)61-95(114-99)88-55-54-87(96-97(88)104-115-103-96)93-56-51-84(112-93)57-78(64-102)100(106)107)77-41-47-81(48-42-77)105(79-43-37-75(38-44-79)85-52-49-82(108-65-71(21-9)33-27-15-3)58-91(85)110-67-73(23-11)35-29-17-5)80-45-39-76(40-46-80)86-53-50-83(109-66-72(22-10)34-28-16-4)59-92(86)111-68-74(24-12)36-30-18-6/h37-61,69-74H,13-36,62-63,65-68H2,1-12H3,(H,106,107)/b78-57+. The van der Waals surface area contributed by atoms with Gasteiger partial charge in [-0.1, -0.05) is 260 Å². The number of thiophene rings is 3. The predicted molar refractivity (Wildman–Crippen MR) is 491 cm³/mol. The van der Waals surface area contributed by atoms with Gasteiger partial charge in [-0.2, -0.15) is 14.0 Å². The number of unbranched alkanes of at least 4 members (excludes halogenated alkanes) is 6. The number of nitrogens with zero attached hydrogens (tertiary/aromatic N) is 4. The van der Waals surface area contributed by atoms with Crippen LogP contribution in [0.25, 0.3) is 80.4 Å². The molecule has 4 heterocycles. The summed E-state index contributed by atoms with van der Waals surface area (Å²) in [5.41, 5.74) is 14.9. The number of nitriles is 1. The van der Waals surface area contributed by atoms with Crippen molar-refractivity contribution in [1.82, 2.24) is 8.75 Å². The van der Waals surface area contributed by atoms with E-state index >= 15 is 0 Å². The Balaban J connectivity index is 1.00.